The molecule has 0 fully saturated rings. The number of nitro benzene ring substituents is 1. The Balaban J connectivity index is 2.30. The summed E-state index contributed by atoms with van der Waals surface area (Å²) in [7, 11) is 1.12. The van der Waals surface area contributed by atoms with Gasteiger partial charge in [-0.25, -0.2) is 9.59 Å². The van der Waals surface area contributed by atoms with Crippen LogP contribution in [-0.4, -0.2) is 24.0 Å². The lowest BCUT2D eigenvalue weighted by Crippen LogP contribution is -2.10. The third-order valence-corrected chi connectivity index (χ3v) is 2.79. The summed E-state index contributed by atoms with van der Waals surface area (Å²) >= 11 is 0. The molecule has 0 aromatic heterocycles. The average molecular weight is 301 g/mol. The SMILES string of the molecule is COC(=O)c1ccc(OC(=O)c2ccccc2)cc1[N+](=O)[O-]. The predicted octanol–water partition coefficient (Wildman–Crippen LogP) is 2.60. The van der Waals surface area contributed by atoms with E-state index in [1.54, 1.807) is 30.3 Å². The van der Waals surface area contributed by atoms with E-state index in [9.17, 15) is 19.7 Å². The quantitative estimate of drug-likeness (QED) is 0.373. The number of benzene rings is 2. The van der Waals surface area contributed by atoms with E-state index in [4.69, 9.17) is 4.74 Å². The topological polar surface area (TPSA) is 95.7 Å². The molecule has 2 aromatic rings. The van der Waals surface area contributed by atoms with Crippen molar-refractivity contribution in [3.63, 3.8) is 0 Å². The molecule has 7 heteroatoms. The fourth-order valence-corrected chi connectivity index (χ4v) is 1.75. The van der Waals surface area contributed by atoms with Crippen molar-refractivity contribution in [2.24, 2.45) is 0 Å². The molecule has 112 valence electrons. The lowest BCUT2D eigenvalue weighted by molar-refractivity contribution is -0.385. The Kier molecular flexibility index (Phi) is 4.47. The van der Waals surface area contributed by atoms with E-state index in [0.717, 1.165) is 13.2 Å². The second kappa shape index (κ2) is 6.49. The summed E-state index contributed by atoms with van der Waals surface area (Å²) in [6.07, 6.45) is 0. The van der Waals surface area contributed by atoms with Crippen molar-refractivity contribution in [3.8, 4) is 5.75 Å². The highest BCUT2D eigenvalue weighted by molar-refractivity contribution is 5.95. The van der Waals surface area contributed by atoms with E-state index in [2.05, 4.69) is 4.74 Å². The third kappa shape index (κ3) is 3.26. The summed E-state index contributed by atoms with van der Waals surface area (Å²) in [4.78, 5) is 33.6. The van der Waals surface area contributed by atoms with Crippen LogP contribution in [0.2, 0.25) is 0 Å². The molecule has 0 spiro atoms. The van der Waals surface area contributed by atoms with E-state index in [0.29, 0.717) is 5.56 Å². The Morgan fingerprint density at radius 1 is 1.05 bits per heavy atom. The number of hydrogen-bond donors (Lipinski definition) is 0. The molecule has 0 saturated heterocycles. The van der Waals surface area contributed by atoms with Gasteiger partial charge in [0.05, 0.1) is 23.7 Å². The molecule has 0 radical (unpaired) electrons. The van der Waals surface area contributed by atoms with Crippen LogP contribution in [0.1, 0.15) is 20.7 Å². The largest absolute Gasteiger partial charge is 0.465 e. The maximum Gasteiger partial charge on any atom is 0.344 e. The molecule has 0 aliphatic rings. The summed E-state index contributed by atoms with van der Waals surface area (Å²) in [6, 6.07) is 11.7. The summed E-state index contributed by atoms with van der Waals surface area (Å²) in [5.41, 5.74) is -0.403. The van der Waals surface area contributed by atoms with Crippen LogP contribution >= 0.6 is 0 Å². The first-order chi connectivity index (χ1) is 10.5. The fourth-order valence-electron chi connectivity index (χ4n) is 1.75. The standard InChI is InChI=1S/C15H11NO6/c1-21-15(18)12-8-7-11(9-13(12)16(19)20)22-14(17)10-5-3-2-4-6-10/h2-9H,1H3. The highest BCUT2D eigenvalue weighted by atomic mass is 16.6. The molecular weight excluding hydrogens is 290 g/mol. The summed E-state index contributed by atoms with van der Waals surface area (Å²) in [5, 5.41) is 11.0. The van der Waals surface area contributed by atoms with Crippen LogP contribution in [0.5, 0.6) is 5.75 Å². The van der Waals surface area contributed by atoms with Crippen LogP contribution in [0.3, 0.4) is 0 Å². The first-order valence-electron chi connectivity index (χ1n) is 6.17. The summed E-state index contributed by atoms with van der Waals surface area (Å²) < 4.78 is 9.53. The van der Waals surface area contributed by atoms with Crippen molar-refractivity contribution in [2.75, 3.05) is 7.11 Å². The zero-order valence-electron chi connectivity index (χ0n) is 11.5. The van der Waals surface area contributed by atoms with E-state index in [1.807, 2.05) is 0 Å². The monoisotopic (exact) mass is 301 g/mol. The Hall–Kier alpha value is -3.22. The molecule has 2 rings (SSSR count). The van der Waals surface area contributed by atoms with Gasteiger partial charge < -0.3 is 9.47 Å². The fraction of sp³-hybridized carbons (Fsp3) is 0.0667. The third-order valence-electron chi connectivity index (χ3n) is 2.79. The Labute approximate surface area is 125 Å². The first kappa shape index (κ1) is 15.2. The first-order valence-corrected chi connectivity index (χ1v) is 6.17. The minimum Gasteiger partial charge on any atom is -0.465 e. The normalized spacial score (nSPS) is 9.86. The van der Waals surface area contributed by atoms with Gasteiger partial charge in [-0.3, -0.25) is 10.1 Å². The molecular formula is C15H11NO6. The molecule has 7 nitrogen and oxygen atoms in total. The van der Waals surface area contributed by atoms with Gasteiger partial charge in [-0.05, 0) is 24.3 Å². The minimum absolute atomic E-state index is 0.0341. The van der Waals surface area contributed by atoms with Crippen LogP contribution in [0.15, 0.2) is 48.5 Å². The molecule has 0 amide bonds. The number of hydrogen-bond acceptors (Lipinski definition) is 6. The maximum absolute atomic E-state index is 11.9. The number of carbonyl (C=O) groups excluding carboxylic acids is 2. The van der Waals surface area contributed by atoms with Crippen molar-refractivity contribution >= 4 is 17.6 Å². The van der Waals surface area contributed by atoms with Gasteiger partial charge in [-0.1, -0.05) is 18.2 Å². The van der Waals surface area contributed by atoms with Gasteiger partial charge in [0.1, 0.15) is 11.3 Å². The summed E-state index contributed by atoms with van der Waals surface area (Å²) in [6.45, 7) is 0. The van der Waals surface area contributed by atoms with Gasteiger partial charge in [-0.2, -0.15) is 0 Å². The van der Waals surface area contributed by atoms with E-state index in [1.165, 1.54) is 12.1 Å². The number of nitrogens with zero attached hydrogens (tertiary/aromatic N) is 1. The predicted molar refractivity (Wildman–Crippen MR) is 75.8 cm³/mol. The van der Waals surface area contributed by atoms with Gasteiger partial charge in [0, 0.05) is 0 Å². The van der Waals surface area contributed by atoms with Crippen LogP contribution in [0.25, 0.3) is 0 Å². The van der Waals surface area contributed by atoms with Crippen molar-refractivity contribution in [2.45, 2.75) is 0 Å². The number of methoxy groups -OCH3 is 1. The average Bonchev–Trinajstić information content (AvgIpc) is 2.54. The molecule has 22 heavy (non-hydrogen) atoms. The molecule has 0 N–H and O–H groups in total. The van der Waals surface area contributed by atoms with Gasteiger partial charge >= 0.3 is 11.9 Å². The van der Waals surface area contributed by atoms with Crippen molar-refractivity contribution < 1.29 is 24.0 Å². The zero-order chi connectivity index (χ0) is 16.1. The number of ether oxygens (including phenoxy) is 2. The Morgan fingerprint density at radius 3 is 2.32 bits per heavy atom. The van der Waals surface area contributed by atoms with Gasteiger partial charge in [0.2, 0.25) is 0 Å². The maximum atomic E-state index is 11.9. The second-order valence-corrected chi connectivity index (χ2v) is 4.18. The smallest absolute Gasteiger partial charge is 0.344 e. The Bertz CT molecular complexity index is 726. The van der Waals surface area contributed by atoms with Crippen molar-refractivity contribution in [1.29, 1.82) is 0 Å². The molecule has 0 atom stereocenters. The molecule has 0 aliphatic carbocycles. The van der Waals surface area contributed by atoms with Crippen molar-refractivity contribution in [3.05, 3.63) is 69.8 Å². The molecule has 0 unspecified atom stereocenters. The molecule has 0 bridgehead atoms. The van der Waals surface area contributed by atoms with Crippen LogP contribution in [0.4, 0.5) is 5.69 Å². The minimum atomic E-state index is -0.840. The van der Waals surface area contributed by atoms with Crippen molar-refractivity contribution in [1.82, 2.24) is 0 Å². The number of esters is 2. The van der Waals surface area contributed by atoms with Crippen LogP contribution < -0.4 is 4.74 Å². The lowest BCUT2D eigenvalue weighted by atomic mass is 10.1. The number of rotatable bonds is 4. The molecule has 0 heterocycles. The summed E-state index contributed by atoms with van der Waals surface area (Å²) in [5.74, 6) is -1.53. The van der Waals surface area contributed by atoms with E-state index in [-0.39, 0.29) is 11.3 Å². The number of carbonyl (C=O) groups is 2. The van der Waals surface area contributed by atoms with E-state index >= 15 is 0 Å². The molecule has 0 saturated carbocycles. The van der Waals surface area contributed by atoms with Crippen LogP contribution in [-0.2, 0) is 4.74 Å². The zero-order valence-corrected chi connectivity index (χ0v) is 11.5. The van der Waals surface area contributed by atoms with Gasteiger partial charge in [0.15, 0.2) is 0 Å². The Morgan fingerprint density at radius 2 is 1.73 bits per heavy atom. The van der Waals surface area contributed by atoms with E-state index < -0.39 is 22.5 Å². The second-order valence-electron chi connectivity index (χ2n) is 4.18. The van der Waals surface area contributed by atoms with Gasteiger partial charge in [0.25, 0.3) is 5.69 Å². The molecule has 0 aliphatic heterocycles. The number of nitro groups is 1. The van der Waals surface area contributed by atoms with Crippen LogP contribution in [0, 0.1) is 10.1 Å². The highest BCUT2D eigenvalue weighted by Gasteiger charge is 2.22. The van der Waals surface area contributed by atoms with Gasteiger partial charge in [-0.15, -0.1) is 0 Å². The molecule has 2 aromatic carbocycles. The lowest BCUT2D eigenvalue weighted by Gasteiger charge is -2.06. The highest BCUT2D eigenvalue weighted by Crippen LogP contribution is 2.26.